The van der Waals surface area contributed by atoms with E-state index < -0.39 is 0 Å². The van der Waals surface area contributed by atoms with Gasteiger partial charge in [0.2, 0.25) is 0 Å². The maximum Gasteiger partial charge on any atom is 0.0930 e. The second-order valence-electron chi connectivity index (χ2n) is 2.28. The first-order valence-electron chi connectivity index (χ1n) is 4.28. The Labute approximate surface area is 96.4 Å². The predicted molar refractivity (Wildman–Crippen MR) is 59.8 cm³/mol. The third-order valence-electron chi connectivity index (χ3n) is 1.19. The molecule has 0 aliphatic heterocycles. The minimum Gasteiger partial charge on any atom is -0.379 e. The largest absolute Gasteiger partial charge is 0.379 e. The number of ether oxygens (including phenoxy) is 3. The van der Waals surface area contributed by atoms with Gasteiger partial charge in [-0.15, -0.1) is 0 Å². The first kappa shape index (κ1) is 13.8. The van der Waals surface area contributed by atoms with Crippen molar-refractivity contribution in [2.45, 2.75) is 10.7 Å². The van der Waals surface area contributed by atoms with Gasteiger partial charge in [-0.2, -0.15) is 0 Å². The molecule has 0 fully saturated rings. The minimum absolute atomic E-state index is 0.225. The molecule has 0 amide bonds. The lowest BCUT2D eigenvalue weighted by Crippen LogP contribution is -2.11. The predicted octanol–water partition coefficient (Wildman–Crippen LogP) is 2.17. The number of rotatable bonds is 9. The second kappa shape index (κ2) is 10.9. The highest BCUT2D eigenvalue weighted by atomic mass is 79.9. The number of hydrogen-bond donors (Lipinski definition) is 0. The molecule has 0 aliphatic carbocycles. The zero-order chi connectivity index (χ0) is 9.94. The summed E-state index contributed by atoms with van der Waals surface area (Å²) in [6.45, 7) is 5.91. The second-order valence-corrected chi connectivity index (χ2v) is 5.71. The Hall–Kier alpha value is 0.840. The fraction of sp³-hybridized carbons (Fsp3) is 1.00. The van der Waals surface area contributed by atoms with Crippen molar-refractivity contribution in [3.8, 4) is 0 Å². The first-order chi connectivity index (χ1) is 6.27. The Bertz CT molecular complexity index is 101. The third kappa shape index (κ3) is 12.8. The molecular formula is C8H16Br2O3. The molecule has 0 radical (unpaired) electrons. The van der Waals surface area contributed by atoms with Crippen molar-refractivity contribution in [2.75, 3.05) is 39.6 Å². The molecule has 13 heavy (non-hydrogen) atoms. The average Bonchev–Trinajstić information content (AvgIpc) is 2.09. The zero-order valence-corrected chi connectivity index (χ0v) is 11.0. The van der Waals surface area contributed by atoms with Crippen molar-refractivity contribution in [3.63, 3.8) is 0 Å². The van der Waals surface area contributed by atoms with E-state index in [-0.39, 0.29) is 3.74 Å². The maximum atomic E-state index is 5.24. The van der Waals surface area contributed by atoms with Gasteiger partial charge in [0.05, 0.1) is 36.8 Å². The standard InChI is InChI=1S/C8H16Br2O3/c1-2-11-3-4-12-5-6-13-7-8(9)10/h8H,2-7H2,1H3. The summed E-state index contributed by atoms with van der Waals surface area (Å²) in [7, 11) is 0. The van der Waals surface area contributed by atoms with Crippen LogP contribution in [-0.4, -0.2) is 43.4 Å². The first-order valence-corrected chi connectivity index (χ1v) is 6.12. The van der Waals surface area contributed by atoms with E-state index in [0.29, 0.717) is 33.0 Å². The van der Waals surface area contributed by atoms with Crippen molar-refractivity contribution in [1.82, 2.24) is 0 Å². The van der Waals surface area contributed by atoms with E-state index in [0.717, 1.165) is 6.61 Å². The van der Waals surface area contributed by atoms with Crippen LogP contribution in [0, 0.1) is 0 Å². The van der Waals surface area contributed by atoms with Crippen molar-refractivity contribution < 1.29 is 14.2 Å². The highest BCUT2D eigenvalue weighted by Crippen LogP contribution is 2.07. The molecule has 0 saturated carbocycles. The van der Waals surface area contributed by atoms with Crippen LogP contribution in [0.1, 0.15) is 6.92 Å². The van der Waals surface area contributed by atoms with Gasteiger partial charge in [0.25, 0.3) is 0 Å². The lowest BCUT2D eigenvalue weighted by molar-refractivity contribution is 0.0195. The Morgan fingerprint density at radius 3 is 2.00 bits per heavy atom. The van der Waals surface area contributed by atoms with Crippen LogP contribution in [0.15, 0.2) is 0 Å². The van der Waals surface area contributed by atoms with Crippen LogP contribution >= 0.6 is 31.9 Å². The lowest BCUT2D eigenvalue weighted by atomic mass is 10.7. The van der Waals surface area contributed by atoms with E-state index in [1.54, 1.807) is 0 Å². The molecular weight excluding hydrogens is 304 g/mol. The van der Waals surface area contributed by atoms with E-state index in [9.17, 15) is 0 Å². The molecule has 0 aromatic heterocycles. The van der Waals surface area contributed by atoms with Crippen LogP contribution in [0.2, 0.25) is 0 Å². The summed E-state index contributed by atoms with van der Waals surface area (Å²) >= 11 is 6.62. The summed E-state index contributed by atoms with van der Waals surface area (Å²) in [5.41, 5.74) is 0. The van der Waals surface area contributed by atoms with Gasteiger partial charge in [0, 0.05) is 6.61 Å². The van der Waals surface area contributed by atoms with Crippen molar-refractivity contribution in [3.05, 3.63) is 0 Å². The lowest BCUT2D eigenvalue weighted by Gasteiger charge is -2.06. The van der Waals surface area contributed by atoms with Gasteiger partial charge < -0.3 is 14.2 Å². The molecule has 0 atom stereocenters. The van der Waals surface area contributed by atoms with E-state index >= 15 is 0 Å². The van der Waals surface area contributed by atoms with Gasteiger partial charge >= 0.3 is 0 Å². The molecule has 0 saturated heterocycles. The molecule has 0 bridgehead atoms. The van der Waals surface area contributed by atoms with Crippen LogP contribution in [0.25, 0.3) is 0 Å². The molecule has 0 aromatic carbocycles. The zero-order valence-electron chi connectivity index (χ0n) is 7.80. The molecule has 0 heterocycles. The Morgan fingerprint density at radius 1 is 0.923 bits per heavy atom. The quantitative estimate of drug-likeness (QED) is 0.481. The molecule has 0 spiro atoms. The summed E-state index contributed by atoms with van der Waals surface area (Å²) in [4.78, 5) is 0. The summed E-state index contributed by atoms with van der Waals surface area (Å²) < 4.78 is 15.8. The van der Waals surface area contributed by atoms with Gasteiger partial charge in [-0.1, -0.05) is 31.9 Å². The monoisotopic (exact) mass is 318 g/mol. The molecule has 0 N–H and O–H groups in total. The summed E-state index contributed by atoms with van der Waals surface area (Å²) in [6, 6.07) is 0. The van der Waals surface area contributed by atoms with Crippen molar-refractivity contribution in [1.29, 1.82) is 0 Å². The van der Waals surface area contributed by atoms with Crippen LogP contribution in [0.5, 0.6) is 0 Å². The van der Waals surface area contributed by atoms with Crippen LogP contribution < -0.4 is 0 Å². The highest BCUT2D eigenvalue weighted by Gasteiger charge is 1.96. The van der Waals surface area contributed by atoms with Crippen LogP contribution in [-0.2, 0) is 14.2 Å². The SMILES string of the molecule is CCOCCOCCOCC(Br)Br. The number of hydrogen-bond acceptors (Lipinski definition) is 3. The topological polar surface area (TPSA) is 27.7 Å². The summed E-state index contributed by atoms with van der Waals surface area (Å²) in [5.74, 6) is 0. The Morgan fingerprint density at radius 2 is 1.46 bits per heavy atom. The number of halogens is 2. The van der Waals surface area contributed by atoms with E-state index in [4.69, 9.17) is 14.2 Å². The maximum absolute atomic E-state index is 5.24. The normalized spacial score (nSPS) is 11.1. The van der Waals surface area contributed by atoms with E-state index in [2.05, 4.69) is 31.9 Å². The van der Waals surface area contributed by atoms with Gasteiger partial charge in [-0.05, 0) is 6.92 Å². The smallest absolute Gasteiger partial charge is 0.0930 e. The van der Waals surface area contributed by atoms with Gasteiger partial charge in [0.15, 0.2) is 0 Å². The van der Waals surface area contributed by atoms with Crippen LogP contribution in [0.3, 0.4) is 0 Å². The molecule has 3 nitrogen and oxygen atoms in total. The Balaban J connectivity index is 2.84. The molecule has 5 heteroatoms. The van der Waals surface area contributed by atoms with Crippen molar-refractivity contribution in [2.24, 2.45) is 0 Å². The molecule has 0 aliphatic rings. The number of alkyl halides is 2. The van der Waals surface area contributed by atoms with E-state index in [1.807, 2.05) is 6.92 Å². The summed E-state index contributed by atoms with van der Waals surface area (Å²) in [5, 5.41) is 0. The van der Waals surface area contributed by atoms with Gasteiger partial charge in [-0.3, -0.25) is 0 Å². The molecule has 0 unspecified atom stereocenters. The van der Waals surface area contributed by atoms with Gasteiger partial charge in [0.1, 0.15) is 0 Å². The van der Waals surface area contributed by atoms with Gasteiger partial charge in [-0.25, -0.2) is 0 Å². The van der Waals surface area contributed by atoms with E-state index in [1.165, 1.54) is 0 Å². The van der Waals surface area contributed by atoms with Crippen LogP contribution in [0.4, 0.5) is 0 Å². The molecule has 0 aromatic rings. The fourth-order valence-corrected chi connectivity index (χ4v) is 1.03. The Kier molecular flexibility index (Phi) is 11.6. The summed E-state index contributed by atoms with van der Waals surface area (Å²) in [6.07, 6.45) is 0. The molecule has 80 valence electrons. The highest BCUT2D eigenvalue weighted by molar-refractivity contribution is 9.24. The average molecular weight is 320 g/mol. The van der Waals surface area contributed by atoms with Crippen molar-refractivity contribution >= 4 is 31.9 Å². The fourth-order valence-electron chi connectivity index (χ4n) is 0.655. The minimum atomic E-state index is 0.225. The third-order valence-corrected chi connectivity index (χ3v) is 1.72. The molecule has 0 rings (SSSR count).